The lowest BCUT2D eigenvalue weighted by molar-refractivity contribution is 0.257. The first-order valence-electron chi connectivity index (χ1n) is 6.65. The van der Waals surface area contributed by atoms with Crippen LogP contribution in [0, 0.1) is 0 Å². The molecule has 1 N–H and O–H groups in total. The van der Waals surface area contributed by atoms with Gasteiger partial charge in [0.05, 0.1) is 18.5 Å². The fourth-order valence-corrected chi connectivity index (χ4v) is 1.97. The van der Waals surface area contributed by atoms with Crippen molar-refractivity contribution < 1.29 is 9.84 Å². The molecule has 1 heterocycles. The van der Waals surface area contributed by atoms with Crippen molar-refractivity contribution in [3.05, 3.63) is 72.1 Å². The van der Waals surface area contributed by atoms with Gasteiger partial charge in [0.15, 0.2) is 0 Å². The topological polar surface area (TPSA) is 60.2 Å². The Balaban J connectivity index is 1.71. The predicted octanol–water partition coefficient (Wildman–Crippen LogP) is 2.34. The number of para-hydroxylation sites is 2. The van der Waals surface area contributed by atoms with Gasteiger partial charge in [0.1, 0.15) is 18.1 Å². The Morgan fingerprint density at radius 2 is 1.76 bits per heavy atom. The van der Waals surface area contributed by atoms with Gasteiger partial charge in [-0.3, -0.25) is 0 Å². The van der Waals surface area contributed by atoms with Gasteiger partial charge in [0, 0.05) is 5.56 Å². The Kier molecular flexibility index (Phi) is 3.93. The second kappa shape index (κ2) is 6.19. The Hall–Kier alpha value is -2.66. The summed E-state index contributed by atoms with van der Waals surface area (Å²) in [4.78, 5) is 1.57. The highest BCUT2D eigenvalue weighted by atomic mass is 16.5. The molecule has 0 saturated heterocycles. The maximum absolute atomic E-state index is 9.26. The second-order valence-corrected chi connectivity index (χ2v) is 4.52. The molecule has 0 spiro atoms. The van der Waals surface area contributed by atoms with Crippen LogP contribution in [0.2, 0.25) is 0 Å². The molecule has 3 aromatic rings. The zero-order valence-electron chi connectivity index (χ0n) is 11.4. The zero-order valence-corrected chi connectivity index (χ0v) is 11.4. The minimum Gasteiger partial charge on any atom is -0.487 e. The summed E-state index contributed by atoms with van der Waals surface area (Å²) in [6, 6.07) is 17.1. The molecule has 0 aliphatic rings. The molecule has 21 heavy (non-hydrogen) atoms. The van der Waals surface area contributed by atoms with Crippen LogP contribution in [0.1, 0.15) is 11.3 Å². The molecule has 106 valence electrons. The lowest BCUT2D eigenvalue weighted by Gasteiger charge is -2.07. The number of hydrogen-bond acceptors (Lipinski definition) is 4. The molecule has 5 nitrogen and oxygen atoms in total. The number of rotatable bonds is 5. The van der Waals surface area contributed by atoms with Gasteiger partial charge in [0.25, 0.3) is 0 Å². The van der Waals surface area contributed by atoms with Crippen molar-refractivity contribution in [1.29, 1.82) is 0 Å². The van der Waals surface area contributed by atoms with Gasteiger partial charge in [-0.25, -0.2) is 0 Å². The van der Waals surface area contributed by atoms with E-state index in [2.05, 4.69) is 10.2 Å². The second-order valence-electron chi connectivity index (χ2n) is 4.52. The number of aliphatic hydroxyl groups is 1. The van der Waals surface area contributed by atoms with E-state index in [1.807, 2.05) is 54.6 Å². The van der Waals surface area contributed by atoms with E-state index in [0.717, 1.165) is 16.9 Å². The summed E-state index contributed by atoms with van der Waals surface area (Å²) in [7, 11) is 0. The lowest BCUT2D eigenvalue weighted by atomic mass is 10.2. The van der Waals surface area contributed by atoms with E-state index in [0.29, 0.717) is 12.4 Å². The summed E-state index contributed by atoms with van der Waals surface area (Å²) in [6.45, 7) is 0.261. The van der Waals surface area contributed by atoms with Crippen molar-refractivity contribution in [1.82, 2.24) is 15.0 Å². The quantitative estimate of drug-likeness (QED) is 0.779. The molecular formula is C16H15N3O2. The first kappa shape index (κ1) is 13.3. The highest BCUT2D eigenvalue weighted by molar-refractivity contribution is 5.32. The Morgan fingerprint density at radius 3 is 2.57 bits per heavy atom. The third-order valence-electron chi connectivity index (χ3n) is 3.04. The molecule has 0 aliphatic carbocycles. The molecule has 0 unspecified atom stereocenters. The molecular weight excluding hydrogens is 266 g/mol. The van der Waals surface area contributed by atoms with Crippen molar-refractivity contribution in [2.24, 2.45) is 0 Å². The van der Waals surface area contributed by atoms with Crippen molar-refractivity contribution in [3.63, 3.8) is 0 Å². The van der Waals surface area contributed by atoms with Crippen LogP contribution in [0.15, 0.2) is 60.8 Å². The van der Waals surface area contributed by atoms with E-state index < -0.39 is 0 Å². The minimum absolute atomic E-state index is 0.0487. The number of hydrogen-bond donors (Lipinski definition) is 1. The normalized spacial score (nSPS) is 10.5. The van der Waals surface area contributed by atoms with Crippen LogP contribution in [0.3, 0.4) is 0 Å². The summed E-state index contributed by atoms with van der Waals surface area (Å²) in [6.07, 6.45) is 1.68. The molecule has 0 atom stereocenters. The fraction of sp³-hybridized carbons (Fsp3) is 0.125. The average Bonchev–Trinajstić information content (AvgIpc) is 3.03. The van der Waals surface area contributed by atoms with Gasteiger partial charge in [-0.05, 0) is 18.2 Å². The van der Waals surface area contributed by atoms with Crippen LogP contribution in [0.4, 0.5) is 0 Å². The minimum atomic E-state index is -0.0487. The summed E-state index contributed by atoms with van der Waals surface area (Å²) < 4.78 is 5.69. The molecule has 1 aromatic heterocycles. The SMILES string of the molecule is OCc1ccccc1OCc1cnn(-c2ccccc2)n1. The van der Waals surface area contributed by atoms with Crippen LogP contribution in [0.5, 0.6) is 5.75 Å². The Bertz CT molecular complexity index is 710. The number of ether oxygens (including phenoxy) is 1. The number of benzene rings is 2. The maximum atomic E-state index is 9.26. The summed E-state index contributed by atoms with van der Waals surface area (Å²) >= 11 is 0. The Labute approximate surface area is 122 Å². The van der Waals surface area contributed by atoms with Gasteiger partial charge < -0.3 is 9.84 Å². The van der Waals surface area contributed by atoms with Crippen LogP contribution in [0.25, 0.3) is 5.69 Å². The third kappa shape index (κ3) is 3.09. The molecule has 0 radical (unpaired) electrons. The number of nitrogens with zero attached hydrogens (tertiary/aromatic N) is 3. The Morgan fingerprint density at radius 1 is 1.00 bits per heavy atom. The van der Waals surface area contributed by atoms with Gasteiger partial charge in [-0.1, -0.05) is 36.4 Å². The van der Waals surface area contributed by atoms with Crippen LogP contribution < -0.4 is 4.74 Å². The predicted molar refractivity (Wildman–Crippen MR) is 78.1 cm³/mol. The van der Waals surface area contributed by atoms with Crippen LogP contribution in [-0.4, -0.2) is 20.1 Å². The van der Waals surface area contributed by atoms with E-state index in [4.69, 9.17) is 4.74 Å². The van der Waals surface area contributed by atoms with E-state index >= 15 is 0 Å². The van der Waals surface area contributed by atoms with Crippen molar-refractivity contribution in [2.75, 3.05) is 0 Å². The first-order valence-corrected chi connectivity index (χ1v) is 6.65. The van der Waals surface area contributed by atoms with Gasteiger partial charge in [-0.2, -0.15) is 9.90 Å². The highest BCUT2D eigenvalue weighted by Crippen LogP contribution is 2.18. The molecule has 0 amide bonds. The average molecular weight is 281 g/mol. The molecule has 2 aromatic carbocycles. The first-order chi connectivity index (χ1) is 10.4. The zero-order chi connectivity index (χ0) is 14.5. The number of aliphatic hydroxyl groups excluding tert-OH is 1. The largest absolute Gasteiger partial charge is 0.487 e. The van der Waals surface area contributed by atoms with Gasteiger partial charge in [-0.15, -0.1) is 5.10 Å². The standard InChI is InChI=1S/C16H15N3O2/c20-11-13-6-4-5-9-16(13)21-12-14-10-17-19(18-14)15-7-2-1-3-8-15/h1-10,20H,11-12H2. The molecule has 5 heteroatoms. The summed E-state index contributed by atoms with van der Waals surface area (Å²) in [5.41, 5.74) is 2.39. The van der Waals surface area contributed by atoms with Crippen molar-refractivity contribution in [3.8, 4) is 11.4 Å². The van der Waals surface area contributed by atoms with Crippen molar-refractivity contribution >= 4 is 0 Å². The molecule has 0 aliphatic heterocycles. The van der Waals surface area contributed by atoms with E-state index in [1.165, 1.54) is 0 Å². The summed E-state index contributed by atoms with van der Waals surface area (Å²) in [5, 5.41) is 17.8. The molecule has 0 bridgehead atoms. The van der Waals surface area contributed by atoms with E-state index in [1.54, 1.807) is 11.0 Å². The van der Waals surface area contributed by atoms with Crippen LogP contribution >= 0.6 is 0 Å². The van der Waals surface area contributed by atoms with E-state index in [-0.39, 0.29) is 6.61 Å². The van der Waals surface area contributed by atoms with Gasteiger partial charge in [0.2, 0.25) is 0 Å². The molecule has 3 rings (SSSR count). The molecule has 0 saturated carbocycles. The van der Waals surface area contributed by atoms with E-state index in [9.17, 15) is 5.11 Å². The molecule has 0 fully saturated rings. The van der Waals surface area contributed by atoms with Crippen LogP contribution in [-0.2, 0) is 13.2 Å². The maximum Gasteiger partial charge on any atom is 0.134 e. The summed E-state index contributed by atoms with van der Waals surface area (Å²) in [5.74, 6) is 0.661. The lowest BCUT2D eigenvalue weighted by Crippen LogP contribution is -2.02. The highest BCUT2D eigenvalue weighted by Gasteiger charge is 2.05. The monoisotopic (exact) mass is 281 g/mol. The smallest absolute Gasteiger partial charge is 0.134 e. The fourth-order valence-electron chi connectivity index (χ4n) is 1.97. The third-order valence-corrected chi connectivity index (χ3v) is 3.04. The van der Waals surface area contributed by atoms with Crippen molar-refractivity contribution in [2.45, 2.75) is 13.2 Å². The van der Waals surface area contributed by atoms with Gasteiger partial charge >= 0.3 is 0 Å². The number of aromatic nitrogens is 3.